The van der Waals surface area contributed by atoms with E-state index in [1.807, 2.05) is 26.1 Å². The van der Waals surface area contributed by atoms with E-state index in [2.05, 4.69) is 16.5 Å². The van der Waals surface area contributed by atoms with Crippen molar-refractivity contribution in [2.45, 2.75) is 13.5 Å². The fourth-order valence-corrected chi connectivity index (χ4v) is 1.29. The fraction of sp³-hybridized carbons (Fsp3) is 0.364. The first-order valence-corrected chi connectivity index (χ1v) is 4.55. The summed E-state index contributed by atoms with van der Waals surface area (Å²) in [5, 5.41) is 8.93. The summed E-state index contributed by atoms with van der Waals surface area (Å²) in [4.78, 5) is 6.09. The van der Waals surface area contributed by atoms with Gasteiger partial charge in [0.05, 0.1) is 12.3 Å². The van der Waals surface area contributed by atoms with Crippen LogP contribution in [0.25, 0.3) is 0 Å². The van der Waals surface area contributed by atoms with E-state index >= 15 is 0 Å². The largest absolute Gasteiger partial charge is 0.390 e. The number of aromatic nitrogens is 1. The molecule has 3 nitrogen and oxygen atoms in total. The lowest BCUT2D eigenvalue weighted by molar-refractivity contribution is 0.277. The molecule has 1 rings (SSSR count). The van der Waals surface area contributed by atoms with Gasteiger partial charge in [-0.3, -0.25) is 4.98 Å². The lowest BCUT2D eigenvalue weighted by Crippen LogP contribution is -2.19. The SMILES string of the molecule is C=C(C)CN(C)c1ccnc(CO)c1. The highest BCUT2D eigenvalue weighted by atomic mass is 16.3. The Hall–Kier alpha value is -1.35. The van der Waals surface area contributed by atoms with Crippen molar-refractivity contribution in [1.29, 1.82) is 0 Å². The first-order valence-electron chi connectivity index (χ1n) is 4.55. The maximum Gasteiger partial charge on any atom is 0.0853 e. The Kier molecular flexibility index (Phi) is 3.65. The van der Waals surface area contributed by atoms with E-state index in [0.29, 0.717) is 5.69 Å². The van der Waals surface area contributed by atoms with Gasteiger partial charge in [0.15, 0.2) is 0 Å². The number of hydrogen-bond acceptors (Lipinski definition) is 3. The molecule has 0 aliphatic heterocycles. The second kappa shape index (κ2) is 4.77. The summed E-state index contributed by atoms with van der Waals surface area (Å²) in [6.45, 7) is 6.64. The molecule has 1 aromatic heterocycles. The molecule has 0 atom stereocenters. The van der Waals surface area contributed by atoms with E-state index in [0.717, 1.165) is 17.8 Å². The summed E-state index contributed by atoms with van der Waals surface area (Å²) in [6.07, 6.45) is 1.70. The Morgan fingerprint density at radius 1 is 1.64 bits per heavy atom. The Labute approximate surface area is 84.7 Å². The minimum Gasteiger partial charge on any atom is -0.390 e. The molecular weight excluding hydrogens is 176 g/mol. The Bertz CT molecular complexity index is 323. The molecule has 0 saturated carbocycles. The van der Waals surface area contributed by atoms with Crippen molar-refractivity contribution in [1.82, 2.24) is 4.98 Å². The van der Waals surface area contributed by atoms with Gasteiger partial charge >= 0.3 is 0 Å². The zero-order valence-electron chi connectivity index (χ0n) is 8.70. The summed E-state index contributed by atoms with van der Waals surface area (Å²) in [6, 6.07) is 3.80. The van der Waals surface area contributed by atoms with E-state index in [1.54, 1.807) is 6.20 Å². The van der Waals surface area contributed by atoms with Crippen molar-refractivity contribution in [2.24, 2.45) is 0 Å². The fourth-order valence-electron chi connectivity index (χ4n) is 1.29. The Balaban J connectivity index is 2.78. The van der Waals surface area contributed by atoms with Gasteiger partial charge < -0.3 is 10.0 Å². The van der Waals surface area contributed by atoms with Gasteiger partial charge in [0.2, 0.25) is 0 Å². The predicted octanol–water partition coefficient (Wildman–Crippen LogP) is 1.59. The number of aliphatic hydroxyl groups excluding tert-OH is 1. The highest BCUT2D eigenvalue weighted by Gasteiger charge is 2.01. The van der Waals surface area contributed by atoms with E-state index < -0.39 is 0 Å². The molecule has 0 fully saturated rings. The summed E-state index contributed by atoms with van der Waals surface area (Å²) >= 11 is 0. The topological polar surface area (TPSA) is 36.4 Å². The zero-order valence-corrected chi connectivity index (χ0v) is 8.70. The third-order valence-electron chi connectivity index (χ3n) is 1.91. The third kappa shape index (κ3) is 2.85. The minimum atomic E-state index is -0.0191. The van der Waals surface area contributed by atoms with Crippen LogP contribution >= 0.6 is 0 Å². The summed E-state index contributed by atoms with van der Waals surface area (Å²) in [7, 11) is 1.99. The highest BCUT2D eigenvalue weighted by molar-refractivity contribution is 5.46. The standard InChI is InChI=1S/C11H16N2O/c1-9(2)7-13(3)11-4-5-12-10(6-11)8-14/h4-6,14H,1,7-8H2,2-3H3. The Morgan fingerprint density at radius 3 is 2.93 bits per heavy atom. The quantitative estimate of drug-likeness (QED) is 0.736. The van der Waals surface area contributed by atoms with Crippen molar-refractivity contribution in [2.75, 3.05) is 18.5 Å². The van der Waals surface area contributed by atoms with Crippen LogP contribution < -0.4 is 4.90 Å². The van der Waals surface area contributed by atoms with Crippen LogP contribution in [-0.4, -0.2) is 23.7 Å². The Morgan fingerprint density at radius 2 is 2.36 bits per heavy atom. The van der Waals surface area contributed by atoms with E-state index in [-0.39, 0.29) is 6.61 Å². The van der Waals surface area contributed by atoms with Gasteiger partial charge in [-0.2, -0.15) is 0 Å². The van der Waals surface area contributed by atoms with Crippen LogP contribution in [0.2, 0.25) is 0 Å². The van der Waals surface area contributed by atoms with Gasteiger partial charge in [-0.1, -0.05) is 12.2 Å². The number of anilines is 1. The average molecular weight is 192 g/mol. The van der Waals surface area contributed by atoms with E-state index in [4.69, 9.17) is 5.11 Å². The van der Waals surface area contributed by atoms with Crippen LogP contribution in [0.3, 0.4) is 0 Å². The van der Waals surface area contributed by atoms with Crippen LogP contribution in [-0.2, 0) is 6.61 Å². The number of rotatable bonds is 4. The molecule has 0 aromatic carbocycles. The van der Waals surface area contributed by atoms with Crippen molar-refractivity contribution in [3.8, 4) is 0 Å². The molecule has 0 aliphatic carbocycles. The van der Waals surface area contributed by atoms with Gasteiger partial charge in [-0.05, 0) is 19.1 Å². The van der Waals surface area contributed by atoms with Crippen LogP contribution in [0, 0.1) is 0 Å². The van der Waals surface area contributed by atoms with Crippen LogP contribution in [0.1, 0.15) is 12.6 Å². The van der Waals surface area contributed by atoms with Gasteiger partial charge in [0, 0.05) is 25.5 Å². The molecule has 1 heterocycles. The number of aliphatic hydroxyl groups is 1. The first kappa shape index (κ1) is 10.7. The monoisotopic (exact) mass is 192 g/mol. The smallest absolute Gasteiger partial charge is 0.0853 e. The molecule has 14 heavy (non-hydrogen) atoms. The highest BCUT2D eigenvalue weighted by Crippen LogP contribution is 2.13. The number of likely N-dealkylation sites (N-methyl/N-ethyl adjacent to an activating group) is 1. The maximum absolute atomic E-state index is 8.93. The third-order valence-corrected chi connectivity index (χ3v) is 1.91. The summed E-state index contributed by atoms with van der Waals surface area (Å²) in [5.74, 6) is 0. The molecule has 76 valence electrons. The number of nitrogens with zero attached hydrogens (tertiary/aromatic N) is 2. The van der Waals surface area contributed by atoms with Crippen molar-refractivity contribution in [3.63, 3.8) is 0 Å². The van der Waals surface area contributed by atoms with Crippen LogP contribution in [0.4, 0.5) is 5.69 Å². The molecule has 0 spiro atoms. The van der Waals surface area contributed by atoms with Gasteiger partial charge in [-0.15, -0.1) is 0 Å². The van der Waals surface area contributed by atoms with Crippen molar-refractivity contribution < 1.29 is 5.11 Å². The second-order valence-electron chi connectivity index (χ2n) is 3.48. The number of pyridine rings is 1. The van der Waals surface area contributed by atoms with Crippen LogP contribution in [0.15, 0.2) is 30.5 Å². The molecular formula is C11H16N2O. The second-order valence-corrected chi connectivity index (χ2v) is 3.48. The van der Waals surface area contributed by atoms with Gasteiger partial charge in [-0.25, -0.2) is 0 Å². The molecule has 3 heteroatoms. The number of hydrogen-bond donors (Lipinski definition) is 1. The normalized spacial score (nSPS) is 9.93. The molecule has 1 N–H and O–H groups in total. The molecule has 0 bridgehead atoms. The predicted molar refractivity (Wildman–Crippen MR) is 58.2 cm³/mol. The van der Waals surface area contributed by atoms with Gasteiger partial charge in [0.1, 0.15) is 0 Å². The summed E-state index contributed by atoms with van der Waals surface area (Å²) < 4.78 is 0. The van der Waals surface area contributed by atoms with Gasteiger partial charge in [0.25, 0.3) is 0 Å². The van der Waals surface area contributed by atoms with Crippen LogP contribution in [0.5, 0.6) is 0 Å². The summed E-state index contributed by atoms with van der Waals surface area (Å²) in [5.41, 5.74) is 2.85. The first-order chi connectivity index (χ1) is 6.63. The molecule has 0 radical (unpaired) electrons. The van der Waals surface area contributed by atoms with Crippen molar-refractivity contribution in [3.05, 3.63) is 36.2 Å². The zero-order chi connectivity index (χ0) is 10.6. The minimum absolute atomic E-state index is 0.0191. The molecule has 0 amide bonds. The van der Waals surface area contributed by atoms with Crippen molar-refractivity contribution >= 4 is 5.69 Å². The van der Waals surface area contributed by atoms with E-state index in [9.17, 15) is 0 Å². The lowest BCUT2D eigenvalue weighted by atomic mass is 10.2. The molecule has 1 aromatic rings. The maximum atomic E-state index is 8.93. The molecule has 0 saturated heterocycles. The van der Waals surface area contributed by atoms with E-state index in [1.165, 1.54) is 0 Å². The molecule has 0 aliphatic rings. The average Bonchev–Trinajstić information content (AvgIpc) is 2.17. The lowest BCUT2D eigenvalue weighted by Gasteiger charge is -2.19. The molecule has 0 unspecified atom stereocenters.